The number of nitrogens with zero attached hydrogens (tertiary/aromatic N) is 1. The highest BCUT2D eigenvalue weighted by atomic mass is 16.3. The van der Waals surface area contributed by atoms with Crippen LogP contribution >= 0.6 is 0 Å². The number of carbonyl (C=O) groups excluding carboxylic acids is 1. The Morgan fingerprint density at radius 3 is 2.71 bits per heavy atom. The van der Waals surface area contributed by atoms with E-state index in [0.717, 1.165) is 5.56 Å². The Morgan fingerprint density at radius 1 is 1.50 bits per heavy atom. The van der Waals surface area contributed by atoms with Crippen LogP contribution in [0.5, 0.6) is 5.75 Å². The number of amides is 1. The van der Waals surface area contributed by atoms with Gasteiger partial charge in [-0.15, -0.1) is 0 Å². The summed E-state index contributed by atoms with van der Waals surface area (Å²) in [6.45, 7) is 1.76. The molecule has 0 atom stereocenters. The summed E-state index contributed by atoms with van der Waals surface area (Å²) < 4.78 is 0. The molecule has 14 heavy (non-hydrogen) atoms. The zero-order chi connectivity index (χ0) is 10.4. The lowest BCUT2D eigenvalue weighted by Crippen LogP contribution is -2.15. The summed E-state index contributed by atoms with van der Waals surface area (Å²) in [6.07, 6.45) is 1.93. The van der Waals surface area contributed by atoms with Crippen molar-refractivity contribution in [3.63, 3.8) is 0 Å². The first-order valence-electron chi connectivity index (χ1n) is 4.33. The van der Waals surface area contributed by atoms with Gasteiger partial charge in [-0.05, 0) is 29.8 Å². The van der Waals surface area contributed by atoms with E-state index in [1.54, 1.807) is 31.2 Å². The topological polar surface area (TPSA) is 61.7 Å². The van der Waals surface area contributed by atoms with Crippen molar-refractivity contribution in [3.8, 4) is 5.75 Å². The molecule has 4 nitrogen and oxygen atoms in total. The molecule has 0 radical (unpaired) electrons. The van der Waals surface area contributed by atoms with Gasteiger partial charge in [-0.1, -0.05) is 6.92 Å². The largest absolute Gasteiger partial charge is 0.508 e. The van der Waals surface area contributed by atoms with Gasteiger partial charge in [-0.3, -0.25) is 4.79 Å². The summed E-state index contributed by atoms with van der Waals surface area (Å²) in [5.74, 6) is 0.0831. The minimum absolute atomic E-state index is 0.125. The van der Waals surface area contributed by atoms with E-state index >= 15 is 0 Å². The Kier molecular flexibility index (Phi) is 3.67. The van der Waals surface area contributed by atoms with Crippen LogP contribution in [0, 0.1) is 0 Å². The van der Waals surface area contributed by atoms with Gasteiger partial charge >= 0.3 is 0 Å². The van der Waals surface area contributed by atoms with E-state index in [2.05, 4.69) is 10.5 Å². The molecule has 0 bridgehead atoms. The maximum Gasteiger partial charge on any atom is 0.239 e. The molecule has 0 spiro atoms. The molecule has 0 unspecified atom stereocenters. The van der Waals surface area contributed by atoms with E-state index in [1.165, 1.54) is 6.21 Å². The number of hydrazone groups is 1. The third-order valence-corrected chi connectivity index (χ3v) is 1.62. The van der Waals surface area contributed by atoms with Gasteiger partial charge < -0.3 is 5.11 Å². The summed E-state index contributed by atoms with van der Waals surface area (Å²) >= 11 is 0. The minimum Gasteiger partial charge on any atom is -0.508 e. The van der Waals surface area contributed by atoms with Crippen LogP contribution in [0.4, 0.5) is 0 Å². The molecular formula is C10H12N2O2. The molecule has 0 heterocycles. The second-order valence-electron chi connectivity index (χ2n) is 2.74. The third kappa shape index (κ3) is 3.26. The number of hydrogen-bond acceptors (Lipinski definition) is 3. The van der Waals surface area contributed by atoms with Gasteiger partial charge in [-0.25, -0.2) is 5.43 Å². The van der Waals surface area contributed by atoms with Crippen molar-refractivity contribution in [2.75, 3.05) is 0 Å². The first-order valence-corrected chi connectivity index (χ1v) is 4.33. The molecule has 0 fully saturated rings. The second-order valence-corrected chi connectivity index (χ2v) is 2.74. The number of rotatable bonds is 3. The molecule has 0 aromatic heterocycles. The molecular weight excluding hydrogens is 180 g/mol. The number of nitrogens with one attached hydrogen (secondary N) is 1. The summed E-state index contributed by atoms with van der Waals surface area (Å²) in [5.41, 5.74) is 3.18. The summed E-state index contributed by atoms with van der Waals surface area (Å²) in [6, 6.07) is 6.53. The molecule has 0 aliphatic heterocycles. The first-order chi connectivity index (χ1) is 6.72. The van der Waals surface area contributed by atoms with Crippen LogP contribution in [-0.2, 0) is 4.79 Å². The van der Waals surface area contributed by atoms with Crippen molar-refractivity contribution >= 4 is 12.1 Å². The minimum atomic E-state index is -0.125. The van der Waals surface area contributed by atoms with E-state index in [-0.39, 0.29) is 11.7 Å². The Bertz CT molecular complexity index is 330. The fourth-order valence-electron chi connectivity index (χ4n) is 0.818. The van der Waals surface area contributed by atoms with Crippen molar-refractivity contribution in [3.05, 3.63) is 29.8 Å². The van der Waals surface area contributed by atoms with Crippen LogP contribution in [0.1, 0.15) is 18.9 Å². The summed E-state index contributed by atoms with van der Waals surface area (Å²) in [4.78, 5) is 10.8. The highest BCUT2D eigenvalue weighted by molar-refractivity contribution is 5.82. The smallest absolute Gasteiger partial charge is 0.239 e. The number of hydrogen-bond donors (Lipinski definition) is 2. The zero-order valence-electron chi connectivity index (χ0n) is 7.90. The van der Waals surface area contributed by atoms with Gasteiger partial charge in [0, 0.05) is 6.42 Å². The van der Waals surface area contributed by atoms with Crippen LogP contribution in [0.2, 0.25) is 0 Å². The Morgan fingerprint density at radius 2 is 2.14 bits per heavy atom. The fraction of sp³-hybridized carbons (Fsp3) is 0.200. The van der Waals surface area contributed by atoms with Crippen molar-refractivity contribution in [1.29, 1.82) is 0 Å². The van der Waals surface area contributed by atoms with Gasteiger partial charge in [-0.2, -0.15) is 5.10 Å². The van der Waals surface area contributed by atoms with Crippen LogP contribution in [0.3, 0.4) is 0 Å². The number of benzene rings is 1. The number of phenolic OH excluding ortho intramolecular Hbond substituents is 1. The van der Waals surface area contributed by atoms with Gasteiger partial charge in [0.25, 0.3) is 0 Å². The van der Waals surface area contributed by atoms with Crippen LogP contribution < -0.4 is 5.43 Å². The van der Waals surface area contributed by atoms with Crippen molar-refractivity contribution in [2.24, 2.45) is 5.10 Å². The van der Waals surface area contributed by atoms with Gasteiger partial charge in [0.2, 0.25) is 5.91 Å². The molecule has 0 aliphatic carbocycles. The lowest BCUT2D eigenvalue weighted by Gasteiger charge is -1.95. The van der Waals surface area contributed by atoms with Crippen molar-refractivity contribution in [2.45, 2.75) is 13.3 Å². The lowest BCUT2D eigenvalue weighted by atomic mass is 10.2. The van der Waals surface area contributed by atoms with Crippen molar-refractivity contribution < 1.29 is 9.90 Å². The lowest BCUT2D eigenvalue weighted by molar-refractivity contribution is -0.120. The summed E-state index contributed by atoms with van der Waals surface area (Å²) in [7, 11) is 0. The zero-order valence-corrected chi connectivity index (χ0v) is 7.90. The molecule has 0 saturated heterocycles. The first kappa shape index (κ1) is 10.2. The summed E-state index contributed by atoms with van der Waals surface area (Å²) in [5, 5.41) is 12.7. The van der Waals surface area contributed by atoms with Gasteiger partial charge in [0.15, 0.2) is 0 Å². The Hall–Kier alpha value is -1.84. The second kappa shape index (κ2) is 5.01. The molecule has 1 amide bonds. The molecule has 1 aromatic rings. The van der Waals surface area contributed by atoms with Crippen LogP contribution in [0.15, 0.2) is 29.4 Å². The highest BCUT2D eigenvalue weighted by Gasteiger charge is 1.92. The predicted octanol–water partition coefficient (Wildman–Crippen LogP) is 1.25. The van der Waals surface area contributed by atoms with Gasteiger partial charge in [0.1, 0.15) is 5.75 Å². The van der Waals surface area contributed by atoms with E-state index in [0.29, 0.717) is 6.42 Å². The molecule has 0 aliphatic rings. The fourth-order valence-corrected chi connectivity index (χ4v) is 0.818. The average Bonchev–Trinajstić information content (AvgIpc) is 2.21. The van der Waals surface area contributed by atoms with E-state index in [9.17, 15) is 4.79 Å². The molecule has 2 N–H and O–H groups in total. The van der Waals surface area contributed by atoms with Crippen molar-refractivity contribution in [1.82, 2.24) is 5.43 Å². The van der Waals surface area contributed by atoms with Crippen LogP contribution in [0.25, 0.3) is 0 Å². The molecule has 0 saturated carbocycles. The molecule has 4 heteroatoms. The number of phenols is 1. The van der Waals surface area contributed by atoms with E-state index in [1.807, 2.05) is 0 Å². The van der Waals surface area contributed by atoms with Crippen LogP contribution in [-0.4, -0.2) is 17.2 Å². The SMILES string of the molecule is CCC(=O)N/N=C\c1ccc(O)cc1. The van der Waals surface area contributed by atoms with Gasteiger partial charge in [0.05, 0.1) is 6.21 Å². The maximum absolute atomic E-state index is 10.8. The number of carbonyl (C=O) groups is 1. The molecule has 74 valence electrons. The molecule has 1 aromatic carbocycles. The predicted molar refractivity (Wildman–Crippen MR) is 54.1 cm³/mol. The normalized spacial score (nSPS) is 10.4. The monoisotopic (exact) mass is 192 g/mol. The third-order valence-electron chi connectivity index (χ3n) is 1.62. The Balaban J connectivity index is 2.52. The quantitative estimate of drug-likeness (QED) is 0.559. The highest BCUT2D eigenvalue weighted by Crippen LogP contribution is 2.07. The van der Waals surface area contributed by atoms with E-state index in [4.69, 9.17) is 5.11 Å². The number of aromatic hydroxyl groups is 1. The maximum atomic E-state index is 10.8. The Labute approximate surface area is 82.3 Å². The van der Waals surface area contributed by atoms with E-state index < -0.39 is 0 Å². The molecule has 1 rings (SSSR count). The average molecular weight is 192 g/mol. The standard InChI is InChI=1S/C10H12N2O2/c1-2-10(14)12-11-7-8-3-5-9(13)6-4-8/h3-7,13H,2H2,1H3,(H,12,14)/b11-7-.